The summed E-state index contributed by atoms with van der Waals surface area (Å²) < 4.78 is 5.69. The normalized spacial score (nSPS) is 33.9. The molecule has 0 aromatic heterocycles. The highest BCUT2D eigenvalue weighted by molar-refractivity contribution is 5.79. The molecule has 18 heavy (non-hydrogen) atoms. The van der Waals surface area contributed by atoms with Gasteiger partial charge in [0.05, 0.1) is 5.60 Å². The Morgan fingerprint density at radius 1 is 1.33 bits per heavy atom. The summed E-state index contributed by atoms with van der Waals surface area (Å²) >= 11 is 0. The molecule has 2 heterocycles. The van der Waals surface area contributed by atoms with Crippen LogP contribution >= 0.6 is 0 Å². The third kappa shape index (κ3) is 2.68. The molecule has 2 saturated heterocycles. The number of aliphatic carboxylic acids is 1. The third-order valence-electron chi connectivity index (χ3n) is 4.07. The fourth-order valence-electron chi connectivity index (χ4n) is 3.20. The van der Waals surface area contributed by atoms with E-state index in [0.29, 0.717) is 19.4 Å². The van der Waals surface area contributed by atoms with Gasteiger partial charge in [0.2, 0.25) is 0 Å². The second-order valence-corrected chi connectivity index (χ2v) is 5.96. The van der Waals surface area contributed by atoms with Crippen LogP contribution in [0.4, 0.5) is 0 Å². The van der Waals surface area contributed by atoms with Gasteiger partial charge in [0.1, 0.15) is 5.54 Å². The first-order valence-electron chi connectivity index (χ1n) is 6.79. The molecule has 2 N–H and O–H groups in total. The molecular formula is C13H24N2O3. The van der Waals surface area contributed by atoms with Crippen molar-refractivity contribution < 1.29 is 14.6 Å². The van der Waals surface area contributed by atoms with Crippen molar-refractivity contribution in [3.05, 3.63) is 0 Å². The Kier molecular flexibility index (Phi) is 3.94. The number of carboxylic acid groups (broad SMARTS) is 1. The summed E-state index contributed by atoms with van der Waals surface area (Å²) in [6.07, 6.45) is 2.16. The molecule has 104 valence electrons. The molecule has 2 aliphatic rings. The van der Waals surface area contributed by atoms with E-state index in [4.69, 9.17) is 4.74 Å². The van der Waals surface area contributed by atoms with Gasteiger partial charge in [0.15, 0.2) is 0 Å². The largest absolute Gasteiger partial charge is 0.480 e. The van der Waals surface area contributed by atoms with Crippen molar-refractivity contribution in [2.75, 3.05) is 32.8 Å². The van der Waals surface area contributed by atoms with Gasteiger partial charge in [-0.1, -0.05) is 0 Å². The molecule has 2 rings (SSSR count). The third-order valence-corrected chi connectivity index (χ3v) is 4.07. The van der Waals surface area contributed by atoms with Crippen LogP contribution in [0.25, 0.3) is 0 Å². The Hall–Kier alpha value is -0.650. The molecule has 0 radical (unpaired) electrons. The molecule has 0 aliphatic carbocycles. The van der Waals surface area contributed by atoms with Crippen LogP contribution in [0.3, 0.4) is 0 Å². The lowest BCUT2D eigenvalue weighted by Crippen LogP contribution is -2.61. The predicted molar refractivity (Wildman–Crippen MR) is 68.7 cm³/mol. The molecule has 0 aromatic rings. The van der Waals surface area contributed by atoms with Crippen LogP contribution in [0.15, 0.2) is 0 Å². The predicted octanol–water partition coefficient (Wildman–Crippen LogP) is 0.694. The molecule has 2 fully saturated rings. The number of nitrogens with zero attached hydrogens (tertiary/aromatic N) is 1. The summed E-state index contributed by atoms with van der Waals surface area (Å²) in [5.41, 5.74) is -1.09. The fourth-order valence-corrected chi connectivity index (χ4v) is 3.20. The van der Waals surface area contributed by atoms with Crippen molar-refractivity contribution in [2.24, 2.45) is 0 Å². The maximum atomic E-state index is 11.9. The molecule has 5 heteroatoms. The van der Waals surface area contributed by atoms with Crippen LogP contribution in [-0.4, -0.2) is 59.9 Å². The molecule has 5 nitrogen and oxygen atoms in total. The van der Waals surface area contributed by atoms with Crippen molar-refractivity contribution in [3.8, 4) is 0 Å². The number of ether oxygens (including phenoxy) is 1. The maximum Gasteiger partial charge on any atom is 0.324 e. The van der Waals surface area contributed by atoms with E-state index in [2.05, 4.69) is 10.2 Å². The first-order chi connectivity index (χ1) is 8.46. The van der Waals surface area contributed by atoms with Crippen molar-refractivity contribution >= 4 is 5.97 Å². The molecule has 1 unspecified atom stereocenters. The van der Waals surface area contributed by atoms with Gasteiger partial charge in [-0.3, -0.25) is 9.69 Å². The monoisotopic (exact) mass is 256 g/mol. The van der Waals surface area contributed by atoms with Crippen molar-refractivity contribution in [2.45, 2.75) is 44.2 Å². The Morgan fingerprint density at radius 3 is 2.78 bits per heavy atom. The summed E-state index contributed by atoms with van der Waals surface area (Å²) in [6, 6.07) is 0. The number of carbonyl (C=O) groups is 1. The summed E-state index contributed by atoms with van der Waals surface area (Å²) in [7, 11) is 0. The number of rotatable bonds is 2. The van der Waals surface area contributed by atoms with Crippen molar-refractivity contribution in [1.82, 2.24) is 10.2 Å². The highest BCUT2D eigenvalue weighted by Gasteiger charge is 2.50. The molecule has 0 amide bonds. The van der Waals surface area contributed by atoms with Crippen LogP contribution < -0.4 is 5.32 Å². The SMILES string of the molecule is CC1(C)CC(C(=O)O)(N2CCCNCC2)CCO1. The average Bonchev–Trinajstić information content (AvgIpc) is 2.55. The van der Waals surface area contributed by atoms with Gasteiger partial charge >= 0.3 is 5.97 Å². The van der Waals surface area contributed by atoms with Crippen LogP contribution in [0.5, 0.6) is 0 Å². The second-order valence-electron chi connectivity index (χ2n) is 5.96. The zero-order valence-electron chi connectivity index (χ0n) is 11.4. The summed E-state index contributed by atoms with van der Waals surface area (Å²) in [6.45, 7) is 8.02. The number of carboxylic acids is 1. The second kappa shape index (κ2) is 5.15. The van der Waals surface area contributed by atoms with Gasteiger partial charge in [-0.25, -0.2) is 0 Å². The molecule has 0 spiro atoms. The molecular weight excluding hydrogens is 232 g/mol. The summed E-state index contributed by atoms with van der Waals surface area (Å²) in [5, 5.41) is 13.1. The quantitative estimate of drug-likeness (QED) is 0.761. The van der Waals surface area contributed by atoms with Gasteiger partial charge in [-0.15, -0.1) is 0 Å². The fraction of sp³-hybridized carbons (Fsp3) is 0.923. The van der Waals surface area contributed by atoms with E-state index < -0.39 is 11.5 Å². The zero-order valence-corrected chi connectivity index (χ0v) is 11.4. The molecule has 0 aromatic carbocycles. The van der Waals surface area contributed by atoms with Crippen molar-refractivity contribution in [3.63, 3.8) is 0 Å². The standard InChI is InChI=1S/C13H24N2O3/c1-12(2)10-13(11(16)17,4-9-18-12)15-7-3-5-14-6-8-15/h14H,3-10H2,1-2H3,(H,16,17). The molecule has 2 aliphatic heterocycles. The molecule has 0 saturated carbocycles. The van der Waals surface area contributed by atoms with E-state index in [1.54, 1.807) is 0 Å². The number of hydrogen-bond donors (Lipinski definition) is 2. The van der Waals surface area contributed by atoms with Gasteiger partial charge < -0.3 is 15.2 Å². The molecule has 1 atom stereocenters. The minimum atomic E-state index is -0.742. The minimum absolute atomic E-state index is 0.351. The Bertz CT molecular complexity index is 311. The first-order valence-corrected chi connectivity index (χ1v) is 6.79. The smallest absolute Gasteiger partial charge is 0.324 e. The highest BCUT2D eigenvalue weighted by Crippen LogP contribution is 2.37. The lowest BCUT2D eigenvalue weighted by atomic mass is 9.79. The number of hydrogen-bond acceptors (Lipinski definition) is 4. The van der Waals surface area contributed by atoms with E-state index in [1.165, 1.54) is 0 Å². The lowest BCUT2D eigenvalue weighted by molar-refractivity contribution is -0.172. The van der Waals surface area contributed by atoms with Gasteiger partial charge in [0, 0.05) is 32.7 Å². The lowest BCUT2D eigenvalue weighted by Gasteiger charge is -2.48. The van der Waals surface area contributed by atoms with Gasteiger partial charge in [-0.2, -0.15) is 0 Å². The van der Waals surface area contributed by atoms with E-state index in [0.717, 1.165) is 32.6 Å². The summed E-state index contributed by atoms with van der Waals surface area (Å²) in [5.74, 6) is -0.694. The van der Waals surface area contributed by atoms with Crippen LogP contribution in [-0.2, 0) is 9.53 Å². The van der Waals surface area contributed by atoms with Crippen molar-refractivity contribution in [1.29, 1.82) is 0 Å². The van der Waals surface area contributed by atoms with Gasteiger partial charge in [-0.05, 0) is 33.2 Å². The summed E-state index contributed by atoms with van der Waals surface area (Å²) in [4.78, 5) is 14.0. The van der Waals surface area contributed by atoms with E-state index in [9.17, 15) is 9.90 Å². The Morgan fingerprint density at radius 2 is 2.11 bits per heavy atom. The minimum Gasteiger partial charge on any atom is -0.480 e. The first kappa shape index (κ1) is 13.8. The Labute approximate surface area is 108 Å². The highest BCUT2D eigenvalue weighted by atomic mass is 16.5. The Balaban J connectivity index is 2.22. The van der Waals surface area contributed by atoms with Crippen LogP contribution in [0, 0.1) is 0 Å². The van der Waals surface area contributed by atoms with E-state index >= 15 is 0 Å². The molecule has 0 bridgehead atoms. The van der Waals surface area contributed by atoms with E-state index in [-0.39, 0.29) is 5.60 Å². The average molecular weight is 256 g/mol. The van der Waals surface area contributed by atoms with E-state index in [1.807, 2.05) is 13.8 Å². The zero-order chi connectivity index (χ0) is 13.2. The maximum absolute atomic E-state index is 11.9. The van der Waals surface area contributed by atoms with Crippen LogP contribution in [0.2, 0.25) is 0 Å². The topological polar surface area (TPSA) is 61.8 Å². The number of nitrogens with one attached hydrogen (secondary N) is 1. The van der Waals surface area contributed by atoms with Gasteiger partial charge in [0.25, 0.3) is 0 Å². The van der Waals surface area contributed by atoms with Crippen LogP contribution in [0.1, 0.15) is 33.1 Å².